The molecule has 0 unspecified atom stereocenters. The number of amides is 2. The van der Waals surface area contributed by atoms with Crippen molar-refractivity contribution >= 4 is 11.7 Å². The number of hydrogen-bond donors (Lipinski definition) is 2. The van der Waals surface area contributed by atoms with Crippen LogP contribution in [0.2, 0.25) is 0 Å². The van der Waals surface area contributed by atoms with Gasteiger partial charge in [-0.25, -0.2) is 9.78 Å². The molecule has 2 aromatic heterocycles. The number of halogens is 3. The molecule has 2 N–H and O–H groups in total. The predicted octanol–water partition coefficient (Wildman–Crippen LogP) is 2.72. The minimum absolute atomic E-state index is 0.181. The molecule has 1 aliphatic heterocycles. The highest BCUT2D eigenvalue weighted by Gasteiger charge is 2.33. The summed E-state index contributed by atoms with van der Waals surface area (Å²) in [5, 5.41) is 9.74. The first-order chi connectivity index (χ1) is 13.2. The number of pyridine rings is 1. The van der Waals surface area contributed by atoms with Crippen LogP contribution in [0.1, 0.15) is 23.8 Å². The number of nitrogens with one attached hydrogen (secondary N) is 2. The molecule has 0 aliphatic carbocycles. The average molecular weight is 399 g/mol. The van der Waals surface area contributed by atoms with Crippen LogP contribution in [-0.2, 0) is 11.8 Å². The molecule has 0 bridgehead atoms. The Hall–Kier alpha value is -2.82. The number of aryl methyl sites for hydroxylation is 2. The second kappa shape index (κ2) is 8.05. The van der Waals surface area contributed by atoms with Crippen LogP contribution in [0.3, 0.4) is 0 Å². The summed E-state index contributed by atoms with van der Waals surface area (Å²) < 4.78 is 48.4. The van der Waals surface area contributed by atoms with E-state index in [9.17, 15) is 18.0 Å². The average Bonchev–Trinajstić information content (AvgIpc) is 3.19. The molecule has 28 heavy (non-hydrogen) atoms. The van der Waals surface area contributed by atoms with Gasteiger partial charge >= 0.3 is 12.2 Å². The van der Waals surface area contributed by atoms with E-state index >= 15 is 0 Å². The minimum atomic E-state index is -4.44. The molecule has 1 saturated heterocycles. The van der Waals surface area contributed by atoms with E-state index < -0.39 is 18.8 Å². The molecule has 11 heteroatoms. The van der Waals surface area contributed by atoms with Crippen molar-refractivity contribution in [2.45, 2.75) is 31.7 Å². The summed E-state index contributed by atoms with van der Waals surface area (Å²) in [4.78, 5) is 16.0. The van der Waals surface area contributed by atoms with Gasteiger partial charge < -0.3 is 20.1 Å². The summed E-state index contributed by atoms with van der Waals surface area (Å²) in [5.41, 5.74) is 2.07. The number of urea groups is 1. The number of anilines is 1. The van der Waals surface area contributed by atoms with Crippen LogP contribution in [0.15, 0.2) is 24.5 Å². The summed E-state index contributed by atoms with van der Waals surface area (Å²) in [5.74, 6) is -0.181. The monoisotopic (exact) mass is 399 g/mol. The topological polar surface area (TPSA) is 90.3 Å². The number of hydrogen-bond acceptors (Lipinski definition) is 5. The number of aromatic nitrogens is 3. The van der Waals surface area contributed by atoms with Gasteiger partial charge in [0.05, 0.1) is 23.6 Å². The van der Waals surface area contributed by atoms with Gasteiger partial charge in [0.2, 0.25) is 5.88 Å². The molecule has 3 rings (SSSR count). The molecule has 2 atom stereocenters. The molecule has 0 aromatic carbocycles. The van der Waals surface area contributed by atoms with Crippen LogP contribution >= 0.6 is 0 Å². The lowest BCUT2D eigenvalue weighted by atomic mass is 10.0. The second-order valence-electron chi connectivity index (χ2n) is 6.42. The van der Waals surface area contributed by atoms with E-state index in [1.165, 1.54) is 18.3 Å². The van der Waals surface area contributed by atoms with Gasteiger partial charge in [-0.3, -0.25) is 4.68 Å². The number of nitrogens with zero attached hydrogens (tertiary/aromatic N) is 3. The molecular formula is C17H20F3N5O3. The molecule has 1 fully saturated rings. The number of carbonyl (C=O) groups is 1. The first-order valence-corrected chi connectivity index (χ1v) is 8.56. The van der Waals surface area contributed by atoms with Gasteiger partial charge in [0.1, 0.15) is 6.10 Å². The Bertz CT molecular complexity index is 822. The van der Waals surface area contributed by atoms with E-state index in [0.717, 1.165) is 11.3 Å². The molecule has 0 saturated carbocycles. The molecule has 0 spiro atoms. The van der Waals surface area contributed by atoms with E-state index in [1.54, 1.807) is 4.68 Å². The van der Waals surface area contributed by atoms with Crippen LogP contribution < -0.4 is 15.4 Å². The van der Waals surface area contributed by atoms with Gasteiger partial charge in [-0.05, 0) is 19.4 Å². The maximum absolute atomic E-state index is 12.3. The van der Waals surface area contributed by atoms with Crippen LogP contribution in [-0.4, -0.2) is 46.2 Å². The zero-order valence-corrected chi connectivity index (χ0v) is 15.3. The molecule has 0 radical (unpaired) electrons. The molecule has 1 aliphatic rings. The molecule has 3 heterocycles. The predicted molar refractivity (Wildman–Crippen MR) is 93.0 cm³/mol. The van der Waals surface area contributed by atoms with Gasteiger partial charge in [0, 0.05) is 31.5 Å². The summed E-state index contributed by atoms with van der Waals surface area (Å²) in [6, 6.07) is 1.96. The highest BCUT2D eigenvalue weighted by Crippen LogP contribution is 2.30. The highest BCUT2D eigenvalue weighted by molar-refractivity contribution is 5.89. The molecule has 2 amide bonds. The van der Waals surface area contributed by atoms with Gasteiger partial charge in [-0.15, -0.1) is 0 Å². The number of alkyl halides is 3. The Balaban J connectivity index is 1.55. The van der Waals surface area contributed by atoms with Crippen molar-refractivity contribution in [1.29, 1.82) is 0 Å². The molecule has 8 nitrogen and oxygen atoms in total. The fraction of sp³-hybridized carbons (Fsp3) is 0.471. The maximum atomic E-state index is 12.3. The molecule has 2 aromatic rings. The second-order valence-corrected chi connectivity index (χ2v) is 6.42. The lowest BCUT2D eigenvalue weighted by Crippen LogP contribution is -2.39. The Labute approximate surface area is 159 Å². The Morgan fingerprint density at radius 2 is 2.21 bits per heavy atom. The van der Waals surface area contributed by atoms with Crippen molar-refractivity contribution in [3.63, 3.8) is 0 Å². The first kappa shape index (κ1) is 19.9. The Kier molecular flexibility index (Phi) is 5.73. The van der Waals surface area contributed by atoms with Crippen LogP contribution in [0.25, 0.3) is 0 Å². The zero-order valence-electron chi connectivity index (χ0n) is 15.3. The highest BCUT2D eigenvalue weighted by atomic mass is 19.4. The fourth-order valence-corrected chi connectivity index (χ4v) is 2.97. The normalized spacial score (nSPS) is 19.5. The maximum Gasteiger partial charge on any atom is 0.422 e. The van der Waals surface area contributed by atoms with Gasteiger partial charge in [0.25, 0.3) is 0 Å². The third-order valence-corrected chi connectivity index (χ3v) is 4.14. The smallest absolute Gasteiger partial charge is 0.422 e. The van der Waals surface area contributed by atoms with Gasteiger partial charge in [-0.1, -0.05) is 0 Å². The Morgan fingerprint density at radius 1 is 1.43 bits per heavy atom. The number of ether oxygens (including phenoxy) is 2. The van der Waals surface area contributed by atoms with Crippen molar-refractivity contribution in [2.75, 3.05) is 18.5 Å². The summed E-state index contributed by atoms with van der Waals surface area (Å²) in [7, 11) is 1.82. The van der Waals surface area contributed by atoms with Crippen LogP contribution in [0.4, 0.5) is 23.7 Å². The lowest BCUT2D eigenvalue weighted by Gasteiger charge is -2.20. The van der Waals surface area contributed by atoms with Crippen molar-refractivity contribution in [3.8, 4) is 5.88 Å². The lowest BCUT2D eigenvalue weighted by molar-refractivity contribution is -0.154. The fourth-order valence-electron chi connectivity index (χ4n) is 2.97. The molecular weight excluding hydrogens is 379 g/mol. The van der Waals surface area contributed by atoms with Gasteiger partial charge in [-0.2, -0.15) is 18.3 Å². The number of carbonyl (C=O) groups excluding carboxylic acids is 1. The number of rotatable bonds is 5. The van der Waals surface area contributed by atoms with E-state index in [2.05, 4.69) is 25.5 Å². The van der Waals surface area contributed by atoms with E-state index in [-0.39, 0.29) is 18.0 Å². The van der Waals surface area contributed by atoms with Crippen LogP contribution in [0.5, 0.6) is 5.88 Å². The summed E-state index contributed by atoms with van der Waals surface area (Å²) in [6.45, 7) is 0.961. The molecule has 152 valence electrons. The van der Waals surface area contributed by atoms with Crippen molar-refractivity contribution in [1.82, 2.24) is 20.1 Å². The third kappa shape index (κ3) is 5.12. The minimum Gasteiger partial charge on any atom is -0.468 e. The standard InChI is InChI=1S/C17H20F3N5O3/c1-10-12(8-25(2)24-10)15-13(5-6-27-15)23-16(26)22-11-3-4-14(21-7-11)28-9-17(18,19)20/h3-4,7-8,13,15H,5-6,9H2,1-2H3,(H2,22,23,26)/t13-,15+/m1/s1. The van der Waals surface area contributed by atoms with Gasteiger partial charge in [0.15, 0.2) is 6.61 Å². The quantitative estimate of drug-likeness (QED) is 0.807. The van der Waals surface area contributed by atoms with E-state index in [0.29, 0.717) is 18.7 Å². The van der Waals surface area contributed by atoms with Crippen molar-refractivity contribution in [2.24, 2.45) is 7.05 Å². The van der Waals surface area contributed by atoms with E-state index in [1.807, 2.05) is 20.2 Å². The third-order valence-electron chi connectivity index (χ3n) is 4.14. The summed E-state index contributed by atoms with van der Waals surface area (Å²) in [6.07, 6.45) is -1.00. The summed E-state index contributed by atoms with van der Waals surface area (Å²) >= 11 is 0. The van der Waals surface area contributed by atoms with Crippen molar-refractivity contribution in [3.05, 3.63) is 35.8 Å². The van der Waals surface area contributed by atoms with Crippen LogP contribution in [0, 0.1) is 6.92 Å². The zero-order chi connectivity index (χ0) is 20.3. The SMILES string of the molecule is Cc1nn(C)cc1[C@@H]1OCC[C@H]1NC(=O)Nc1ccc(OCC(F)(F)F)nc1. The van der Waals surface area contributed by atoms with Crippen molar-refractivity contribution < 1.29 is 27.4 Å². The Morgan fingerprint density at radius 3 is 2.82 bits per heavy atom. The first-order valence-electron chi connectivity index (χ1n) is 8.56. The van der Waals surface area contributed by atoms with E-state index in [4.69, 9.17) is 4.74 Å². The largest absolute Gasteiger partial charge is 0.468 e.